The average Bonchev–Trinajstić information content (AvgIpc) is 2.94. The Morgan fingerprint density at radius 3 is 1.89 bits per heavy atom. The number of piperazine rings is 1. The molecule has 2 heterocycles. The Morgan fingerprint density at radius 1 is 0.763 bits per heavy atom. The molecule has 0 bridgehead atoms. The van der Waals surface area contributed by atoms with Crippen molar-refractivity contribution in [3.8, 4) is 5.75 Å². The van der Waals surface area contributed by atoms with E-state index < -0.39 is 0 Å². The van der Waals surface area contributed by atoms with E-state index in [1.54, 1.807) is 7.11 Å². The standard InChI is InChI=1S/C33H56N4O/c1-4-5-6-7-8-9-10-11-13-16-21-36-23-25-37(26-24-36)22-17-14-12-15-19-34-32-28-30(38-3)27-31-29(2)18-20-35-33(31)32/h18,20,27-28,34H,4-17,19,21-26H2,1-3H3. The minimum absolute atomic E-state index is 0.889. The van der Waals surface area contributed by atoms with Crippen molar-refractivity contribution in [3.63, 3.8) is 0 Å². The third-order valence-corrected chi connectivity index (χ3v) is 8.28. The summed E-state index contributed by atoms with van der Waals surface area (Å²) in [4.78, 5) is 10.0. The van der Waals surface area contributed by atoms with E-state index in [9.17, 15) is 0 Å². The summed E-state index contributed by atoms with van der Waals surface area (Å²) in [7, 11) is 1.73. The van der Waals surface area contributed by atoms with Crippen LogP contribution in [-0.4, -0.2) is 67.7 Å². The molecule has 0 atom stereocenters. The molecule has 1 saturated heterocycles. The maximum atomic E-state index is 5.52. The molecule has 1 aliphatic rings. The van der Waals surface area contributed by atoms with Gasteiger partial charge in [0.25, 0.3) is 0 Å². The van der Waals surface area contributed by atoms with Crippen LogP contribution < -0.4 is 10.1 Å². The van der Waals surface area contributed by atoms with Gasteiger partial charge in [0.2, 0.25) is 0 Å². The van der Waals surface area contributed by atoms with E-state index in [-0.39, 0.29) is 0 Å². The summed E-state index contributed by atoms with van der Waals surface area (Å²) in [5, 5.41) is 4.78. The summed E-state index contributed by atoms with van der Waals surface area (Å²) in [5.74, 6) is 0.889. The predicted octanol–water partition coefficient (Wildman–Crippen LogP) is 8.06. The van der Waals surface area contributed by atoms with Gasteiger partial charge >= 0.3 is 0 Å². The Bertz CT molecular complexity index is 894. The summed E-state index contributed by atoms with van der Waals surface area (Å²) in [6.07, 6.45) is 21.3. The third-order valence-electron chi connectivity index (χ3n) is 8.28. The lowest BCUT2D eigenvalue weighted by molar-refractivity contribution is 0.129. The molecule has 1 fully saturated rings. The maximum absolute atomic E-state index is 5.52. The number of aryl methyl sites for hydroxylation is 1. The van der Waals surface area contributed by atoms with Gasteiger partial charge in [0.05, 0.1) is 18.3 Å². The van der Waals surface area contributed by atoms with Crippen LogP contribution >= 0.6 is 0 Å². The van der Waals surface area contributed by atoms with Crippen molar-refractivity contribution in [2.24, 2.45) is 0 Å². The molecule has 38 heavy (non-hydrogen) atoms. The van der Waals surface area contributed by atoms with Gasteiger partial charge in [-0.3, -0.25) is 4.98 Å². The number of methoxy groups -OCH3 is 1. The molecule has 0 radical (unpaired) electrons. The van der Waals surface area contributed by atoms with Gasteiger partial charge in [-0.15, -0.1) is 0 Å². The Kier molecular flexibility index (Phi) is 14.9. The molecule has 1 aromatic heterocycles. The summed E-state index contributed by atoms with van der Waals surface area (Å²) in [5.41, 5.74) is 3.36. The quantitative estimate of drug-likeness (QED) is 0.177. The zero-order valence-corrected chi connectivity index (χ0v) is 24.9. The van der Waals surface area contributed by atoms with E-state index in [4.69, 9.17) is 4.74 Å². The van der Waals surface area contributed by atoms with Gasteiger partial charge in [-0.2, -0.15) is 0 Å². The molecule has 1 N–H and O–H groups in total. The van der Waals surface area contributed by atoms with Crippen LogP contribution in [0.5, 0.6) is 5.75 Å². The van der Waals surface area contributed by atoms with Crippen LogP contribution in [-0.2, 0) is 0 Å². The van der Waals surface area contributed by atoms with Crippen LogP contribution in [0.1, 0.15) is 102 Å². The van der Waals surface area contributed by atoms with E-state index in [1.807, 2.05) is 6.20 Å². The van der Waals surface area contributed by atoms with Gasteiger partial charge in [0.15, 0.2) is 0 Å². The number of rotatable bonds is 20. The number of fused-ring (bicyclic) bond motifs is 1. The monoisotopic (exact) mass is 524 g/mol. The van der Waals surface area contributed by atoms with E-state index in [0.717, 1.165) is 28.9 Å². The number of hydrogen-bond acceptors (Lipinski definition) is 5. The molecule has 0 amide bonds. The van der Waals surface area contributed by atoms with Crippen LogP contribution in [0, 0.1) is 6.92 Å². The lowest BCUT2D eigenvalue weighted by Crippen LogP contribution is -2.46. The van der Waals surface area contributed by atoms with Crippen molar-refractivity contribution in [2.45, 2.75) is 104 Å². The number of nitrogens with one attached hydrogen (secondary N) is 1. The second kappa shape index (κ2) is 18.4. The number of pyridine rings is 1. The van der Waals surface area contributed by atoms with E-state index >= 15 is 0 Å². The normalized spacial score (nSPS) is 14.8. The Balaban J connectivity index is 1.17. The van der Waals surface area contributed by atoms with Gasteiger partial charge in [0.1, 0.15) is 5.75 Å². The molecule has 0 spiro atoms. The van der Waals surface area contributed by atoms with Crippen molar-refractivity contribution in [1.29, 1.82) is 0 Å². The van der Waals surface area contributed by atoms with Crippen molar-refractivity contribution >= 4 is 16.6 Å². The average molecular weight is 525 g/mol. The van der Waals surface area contributed by atoms with Gasteiger partial charge in [-0.05, 0) is 57.0 Å². The summed E-state index contributed by atoms with van der Waals surface area (Å²) in [6.45, 7) is 13.0. The molecule has 1 aliphatic heterocycles. The SMILES string of the molecule is CCCCCCCCCCCCN1CCN(CCCCCCNc2cc(OC)cc3c(C)ccnc23)CC1. The maximum Gasteiger partial charge on any atom is 0.121 e. The second-order valence-corrected chi connectivity index (χ2v) is 11.4. The summed E-state index contributed by atoms with van der Waals surface area (Å²) >= 11 is 0. The van der Waals surface area contributed by atoms with E-state index in [2.05, 4.69) is 52.1 Å². The lowest BCUT2D eigenvalue weighted by Gasteiger charge is -2.34. The highest BCUT2D eigenvalue weighted by atomic mass is 16.5. The fourth-order valence-corrected chi connectivity index (χ4v) is 5.71. The number of hydrogen-bond donors (Lipinski definition) is 1. The fraction of sp³-hybridized carbons (Fsp3) is 0.727. The minimum atomic E-state index is 0.889. The van der Waals surface area contributed by atoms with Crippen LogP contribution in [0.2, 0.25) is 0 Å². The largest absolute Gasteiger partial charge is 0.497 e. The molecule has 5 nitrogen and oxygen atoms in total. The van der Waals surface area contributed by atoms with Crippen LogP contribution in [0.3, 0.4) is 0 Å². The van der Waals surface area contributed by atoms with Crippen molar-refractivity contribution in [3.05, 3.63) is 30.0 Å². The van der Waals surface area contributed by atoms with Crippen molar-refractivity contribution < 1.29 is 4.74 Å². The van der Waals surface area contributed by atoms with Crippen LogP contribution in [0.25, 0.3) is 10.9 Å². The molecular weight excluding hydrogens is 468 g/mol. The Morgan fingerprint density at radius 2 is 1.32 bits per heavy atom. The first-order valence-electron chi connectivity index (χ1n) is 15.8. The minimum Gasteiger partial charge on any atom is -0.497 e. The van der Waals surface area contributed by atoms with Crippen LogP contribution in [0.4, 0.5) is 5.69 Å². The first-order valence-corrected chi connectivity index (χ1v) is 15.8. The molecule has 2 aromatic rings. The molecule has 0 unspecified atom stereocenters. The Labute approximate surface area is 233 Å². The highest BCUT2D eigenvalue weighted by Crippen LogP contribution is 2.29. The number of benzene rings is 1. The number of anilines is 1. The zero-order chi connectivity index (χ0) is 26.8. The topological polar surface area (TPSA) is 40.6 Å². The van der Waals surface area contributed by atoms with Gasteiger partial charge in [-0.1, -0.05) is 77.6 Å². The van der Waals surface area contributed by atoms with Gasteiger partial charge < -0.3 is 19.9 Å². The first kappa shape index (κ1) is 30.7. The summed E-state index contributed by atoms with van der Waals surface area (Å²) < 4.78 is 5.52. The Hall–Kier alpha value is -1.85. The highest BCUT2D eigenvalue weighted by Gasteiger charge is 2.15. The van der Waals surface area contributed by atoms with E-state index in [1.165, 1.54) is 135 Å². The second-order valence-electron chi connectivity index (χ2n) is 11.4. The molecule has 1 aromatic carbocycles. The number of unbranched alkanes of at least 4 members (excludes halogenated alkanes) is 12. The highest BCUT2D eigenvalue weighted by molar-refractivity contribution is 5.93. The van der Waals surface area contributed by atoms with Gasteiger partial charge in [0, 0.05) is 50.4 Å². The third kappa shape index (κ3) is 11.1. The van der Waals surface area contributed by atoms with Crippen molar-refractivity contribution in [1.82, 2.24) is 14.8 Å². The van der Waals surface area contributed by atoms with Crippen molar-refractivity contribution in [2.75, 3.05) is 58.2 Å². The van der Waals surface area contributed by atoms with Crippen LogP contribution in [0.15, 0.2) is 24.4 Å². The summed E-state index contributed by atoms with van der Waals surface area (Å²) in [6, 6.07) is 6.22. The molecule has 0 saturated carbocycles. The van der Waals surface area contributed by atoms with E-state index in [0.29, 0.717) is 0 Å². The molecule has 0 aliphatic carbocycles. The number of ether oxygens (including phenoxy) is 1. The molecule has 5 heteroatoms. The molecular formula is C33H56N4O. The zero-order valence-electron chi connectivity index (χ0n) is 24.9. The molecule has 3 rings (SSSR count). The lowest BCUT2D eigenvalue weighted by atomic mass is 10.1. The number of nitrogens with zero attached hydrogens (tertiary/aromatic N) is 3. The predicted molar refractivity (Wildman–Crippen MR) is 165 cm³/mol. The fourth-order valence-electron chi connectivity index (χ4n) is 5.71. The number of aromatic nitrogens is 1. The first-order chi connectivity index (χ1) is 18.7. The van der Waals surface area contributed by atoms with Gasteiger partial charge in [-0.25, -0.2) is 0 Å². The molecule has 214 valence electrons. The smallest absolute Gasteiger partial charge is 0.121 e.